The molecule has 0 spiro atoms. The first-order valence-electron chi connectivity index (χ1n) is 6.76. The average Bonchev–Trinajstić information content (AvgIpc) is 2.44. The van der Waals surface area contributed by atoms with E-state index in [9.17, 15) is 4.79 Å². The van der Waals surface area contributed by atoms with Gasteiger partial charge in [0.1, 0.15) is 0 Å². The minimum Gasteiger partial charge on any atom is -0.378 e. The molecule has 1 aromatic rings. The third-order valence-electron chi connectivity index (χ3n) is 3.63. The SMILES string of the molecule is CCC(N)(CC)CNC(=O)c1cccc(N(C)C)c1. The summed E-state index contributed by atoms with van der Waals surface area (Å²) in [4.78, 5) is 14.1. The lowest BCUT2D eigenvalue weighted by molar-refractivity contribution is 0.0942. The molecule has 0 saturated carbocycles. The van der Waals surface area contributed by atoms with E-state index in [1.807, 2.05) is 57.1 Å². The molecule has 19 heavy (non-hydrogen) atoms. The molecule has 0 aliphatic carbocycles. The lowest BCUT2D eigenvalue weighted by Gasteiger charge is -2.26. The number of carbonyl (C=O) groups excluding carboxylic acids is 1. The molecule has 1 aromatic carbocycles. The highest BCUT2D eigenvalue weighted by molar-refractivity contribution is 5.95. The summed E-state index contributed by atoms with van der Waals surface area (Å²) in [5.41, 5.74) is 7.55. The second-order valence-electron chi connectivity index (χ2n) is 5.20. The van der Waals surface area contributed by atoms with E-state index in [0.717, 1.165) is 18.5 Å². The van der Waals surface area contributed by atoms with Crippen LogP contribution in [-0.4, -0.2) is 32.1 Å². The van der Waals surface area contributed by atoms with Gasteiger partial charge in [-0.05, 0) is 31.0 Å². The van der Waals surface area contributed by atoms with Gasteiger partial charge in [0.05, 0.1) is 0 Å². The lowest BCUT2D eigenvalue weighted by atomic mass is 9.94. The van der Waals surface area contributed by atoms with Crippen LogP contribution < -0.4 is 16.0 Å². The molecule has 0 heterocycles. The monoisotopic (exact) mass is 263 g/mol. The number of benzene rings is 1. The van der Waals surface area contributed by atoms with Gasteiger partial charge in [-0.1, -0.05) is 19.9 Å². The fraction of sp³-hybridized carbons (Fsp3) is 0.533. The zero-order valence-corrected chi connectivity index (χ0v) is 12.4. The molecule has 0 unspecified atom stereocenters. The minimum absolute atomic E-state index is 0.0691. The van der Waals surface area contributed by atoms with Crippen molar-refractivity contribution in [3.63, 3.8) is 0 Å². The van der Waals surface area contributed by atoms with E-state index >= 15 is 0 Å². The van der Waals surface area contributed by atoms with Crippen LogP contribution in [0.1, 0.15) is 37.0 Å². The third-order valence-corrected chi connectivity index (χ3v) is 3.63. The van der Waals surface area contributed by atoms with E-state index in [-0.39, 0.29) is 11.4 Å². The molecular formula is C15H25N3O. The van der Waals surface area contributed by atoms with Crippen LogP contribution >= 0.6 is 0 Å². The fourth-order valence-corrected chi connectivity index (χ4v) is 1.78. The first-order valence-corrected chi connectivity index (χ1v) is 6.76. The van der Waals surface area contributed by atoms with E-state index in [1.54, 1.807) is 0 Å². The second-order valence-corrected chi connectivity index (χ2v) is 5.20. The highest BCUT2D eigenvalue weighted by Gasteiger charge is 2.21. The van der Waals surface area contributed by atoms with E-state index < -0.39 is 0 Å². The van der Waals surface area contributed by atoms with Crippen molar-refractivity contribution in [2.24, 2.45) is 5.73 Å². The number of nitrogens with one attached hydrogen (secondary N) is 1. The van der Waals surface area contributed by atoms with Gasteiger partial charge in [-0.3, -0.25) is 4.79 Å². The molecule has 0 atom stereocenters. The van der Waals surface area contributed by atoms with Crippen LogP contribution in [0.15, 0.2) is 24.3 Å². The molecule has 4 nitrogen and oxygen atoms in total. The Bertz CT molecular complexity index is 425. The molecule has 106 valence electrons. The average molecular weight is 263 g/mol. The fourth-order valence-electron chi connectivity index (χ4n) is 1.78. The molecule has 0 radical (unpaired) electrons. The summed E-state index contributed by atoms with van der Waals surface area (Å²) in [6, 6.07) is 7.56. The lowest BCUT2D eigenvalue weighted by Crippen LogP contribution is -2.49. The van der Waals surface area contributed by atoms with Crippen LogP contribution in [0.25, 0.3) is 0 Å². The second kappa shape index (κ2) is 6.57. The molecule has 4 heteroatoms. The van der Waals surface area contributed by atoms with Crippen LogP contribution in [0, 0.1) is 0 Å². The van der Waals surface area contributed by atoms with Crippen molar-refractivity contribution in [3.8, 4) is 0 Å². The van der Waals surface area contributed by atoms with Crippen molar-refractivity contribution in [2.45, 2.75) is 32.2 Å². The number of nitrogens with zero attached hydrogens (tertiary/aromatic N) is 1. The first-order chi connectivity index (χ1) is 8.91. The first kappa shape index (κ1) is 15.5. The number of rotatable bonds is 6. The zero-order valence-electron chi connectivity index (χ0n) is 12.4. The van der Waals surface area contributed by atoms with Gasteiger partial charge in [-0.25, -0.2) is 0 Å². The summed E-state index contributed by atoms with van der Waals surface area (Å²) >= 11 is 0. The Hall–Kier alpha value is -1.55. The summed E-state index contributed by atoms with van der Waals surface area (Å²) < 4.78 is 0. The van der Waals surface area contributed by atoms with Gasteiger partial charge in [0.15, 0.2) is 0 Å². The summed E-state index contributed by atoms with van der Waals surface area (Å²) in [6.07, 6.45) is 1.70. The van der Waals surface area contributed by atoms with Crippen molar-refractivity contribution in [1.82, 2.24) is 5.32 Å². The number of hydrogen-bond donors (Lipinski definition) is 2. The molecule has 0 saturated heterocycles. The van der Waals surface area contributed by atoms with Crippen molar-refractivity contribution >= 4 is 11.6 Å². The Kier molecular flexibility index (Phi) is 5.36. The number of carbonyl (C=O) groups is 1. The van der Waals surface area contributed by atoms with Crippen molar-refractivity contribution in [1.29, 1.82) is 0 Å². The van der Waals surface area contributed by atoms with Crippen LogP contribution in [0.3, 0.4) is 0 Å². The van der Waals surface area contributed by atoms with E-state index in [1.165, 1.54) is 0 Å². The van der Waals surface area contributed by atoms with Crippen LogP contribution in [0.2, 0.25) is 0 Å². The quantitative estimate of drug-likeness (QED) is 0.825. The Labute approximate surface area is 116 Å². The Morgan fingerprint density at radius 1 is 1.32 bits per heavy atom. The highest BCUT2D eigenvalue weighted by Crippen LogP contribution is 2.14. The minimum atomic E-state index is -0.311. The molecule has 0 fully saturated rings. The number of amides is 1. The highest BCUT2D eigenvalue weighted by atomic mass is 16.1. The largest absolute Gasteiger partial charge is 0.378 e. The topological polar surface area (TPSA) is 58.4 Å². The van der Waals surface area contributed by atoms with Gasteiger partial charge in [0.2, 0.25) is 0 Å². The van der Waals surface area contributed by atoms with Crippen LogP contribution in [0.4, 0.5) is 5.69 Å². The molecular weight excluding hydrogens is 238 g/mol. The van der Waals surface area contributed by atoms with Gasteiger partial charge >= 0.3 is 0 Å². The number of anilines is 1. The Balaban J connectivity index is 2.71. The number of hydrogen-bond acceptors (Lipinski definition) is 3. The van der Waals surface area contributed by atoms with Gasteiger partial charge in [0.25, 0.3) is 5.91 Å². The normalized spacial score (nSPS) is 11.2. The maximum absolute atomic E-state index is 12.1. The summed E-state index contributed by atoms with van der Waals surface area (Å²) in [5.74, 6) is -0.0691. The van der Waals surface area contributed by atoms with Crippen molar-refractivity contribution < 1.29 is 4.79 Å². The summed E-state index contributed by atoms with van der Waals surface area (Å²) in [6.45, 7) is 4.59. The Morgan fingerprint density at radius 2 is 1.95 bits per heavy atom. The predicted octanol–water partition coefficient (Wildman–Crippen LogP) is 2.00. The molecule has 3 N–H and O–H groups in total. The van der Waals surface area contributed by atoms with Gasteiger partial charge in [0, 0.05) is 37.4 Å². The molecule has 0 aliphatic rings. The zero-order chi connectivity index (χ0) is 14.5. The van der Waals surface area contributed by atoms with Crippen molar-refractivity contribution in [3.05, 3.63) is 29.8 Å². The summed E-state index contributed by atoms with van der Waals surface area (Å²) in [5, 5.41) is 2.93. The maximum atomic E-state index is 12.1. The van der Waals surface area contributed by atoms with E-state index in [4.69, 9.17) is 5.73 Å². The van der Waals surface area contributed by atoms with Gasteiger partial charge < -0.3 is 16.0 Å². The van der Waals surface area contributed by atoms with E-state index in [2.05, 4.69) is 5.32 Å². The van der Waals surface area contributed by atoms with Gasteiger partial charge in [-0.15, -0.1) is 0 Å². The molecule has 0 bridgehead atoms. The Morgan fingerprint density at radius 3 is 2.47 bits per heavy atom. The molecule has 1 amide bonds. The van der Waals surface area contributed by atoms with Crippen molar-refractivity contribution in [2.75, 3.05) is 25.5 Å². The van der Waals surface area contributed by atoms with Gasteiger partial charge in [-0.2, -0.15) is 0 Å². The smallest absolute Gasteiger partial charge is 0.251 e. The number of nitrogens with two attached hydrogens (primary N) is 1. The van der Waals surface area contributed by atoms with Crippen LogP contribution in [-0.2, 0) is 0 Å². The standard InChI is InChI=1S/C15H25N3O/c1-5-15(16,6-2)11-17-14(19)12-8-7-9-13(10-12)18(3)4/h7-10H,5-6,11,16H2,1-4H3,(H,17,19). The predicted molar refractivity (Wildman–Crippen MR) is 80.6 cm³/mol. The third kappa shape index (κ3) is 4.24. The van der Waals surface area contributed by atoms with Crippen LogP contribution in [0.5, 0.6) is 0 Å². The molecule has 0 aromatic heterocycles. The summed E-state index contributed by atoms with van der Waals surface area (Å²) in [7, 11) is 3.91. The van der Waals surface area contributed by atoms with E-state index in [0.29, 0.717) is 12.1 Å². The molecule has 1 rings (SSSR count). The molecule has 0 aliphatic heterocycles. The maximum Gasteiger partial charge on any atom is 0.251 e.